The van der Waals surface area contributed by atoms with Crippen LogP contribution in [0.1, 0.15) is 33.4 Å². The minimum absolute atomic E-state index is 0.00218. The van der Waals surface area contributed by atoms with Crippen molar-refractivity contribution in [3.63, 3.8) is 0 Å². The minimum Gasteiger partial charge on any atom is -0.493 e. The van der Waals surface area contributed by atoms with E-state index in [0.717, 1.165) is 0 Å². The number of ketones is 2. The van der Waals surface area contributed by atoms with Crippen molar-refractivity contribution in [1.82, 2.24) is 4.98 Å². The van der Waals surface area contributed by atoms with Gasteiger partial charge in [0.15, 0.2) is 28.7 Å². The monoisotopic (exact) mass is 377 g/mol. The van der Waals surface area contributed by atoms with Gasteiger partial charge in [-0.25, -0.2) is 0 Å². The topological polar surface area (TPSA) is 69.4 Å². The molecule has 0 saturated carbocycles. The van der Waals surface area contributed by atoms with E-state index in [2.05, 4.69) is 4.98 Å². The summed E-state index contributed by atoms with van der Waals surface area (Å²) in [5.74, 6) is 0.156. The number of benzene rings is 1. The number of Topliss-reactive ketones (excluding diaryl/α,β-unsaturated/α-hetero) is 2. The summed E-state index contributed by atoms with van der Waals surface area (Å²) in [6, 6.07) is 4.80. The van der Waals surface area contributed by atoms with E-state index in [9.17, 15) is 9.59 Å². The van der Waals surface area contributed by atoms with Crippen LogP contribution in [-0.2, 0) is 6.42 Å². The number of nitrogens with zero attached hydrogens (tertiary/aromatic N) is 1. The Bertz CT molecular complexity index is 974. The van der Waals surface area contributed by atoms with Crippen LogP contribution in [0.25, 0.3) is 11.0 Å². The lowest BCUT2D eigenvalue weighted by Gasteiger charge is -2.08. The van der Waals surface area contributed by atoms with E-state index in [4.69, 9.17) is 32.4 Å². The summed E-state index contributed by atoms with van der Waals surface area (Å²) in [6.07, 6.45) is 2.87. The van der Waals surface area contributed by atoms with E-state index in [1.54, 1.807) is 18.2 Å². The number of carbonyl (C=O) groups is 2. The van der Waals surface area contributed by atoms with E-state index in [1.807, 2.05) is 0 Å². The molecule has 2 heterocycles. The number of hydrogen-bond acceptors (Lipinski definition) is 5. The van der Waals surface area contributed by atoms with Crippen LogP contribution in [0.15, 0.2) is 35.0 Å². The first-order chi connectivity index (χ1) is 11.9. The van der Waals surface area contributed by atoms with Crippen molar-refractivity contribution in [2.24, 2.45) is 0 Å². The highest BCUT2D eigenvalue weighted by molar-refractivity contribution is 6.36. The van der Waals surface area contributed by atoms with E-state index < -0.39 is 0 Å². The SMILES string of the molecule is COc1ccc(C(=O)Cc2c(Cl)cncc2Cl)c2cc(C(C)=O)oc12. The van der Waals surface area contributed by atoms with E-state index in [-0.39, 0.29) is 23.7 Å². The summed E-state index contributed by atoms with van der Waals surface area (Å²) in [7, 11) is 1.49. The third kappa shape index (κ3) is 3.25. The highest BCUT2D eigenvalue weighted by Gasteiger charge is 2.20. The second-order valence-corrected chi connectivity index (χ2v) is 6.22. The zero-order chi connectivity index (χ0) is 18.1. The van der Waals surface area contributed by atoms with Gasteiger partial charge in [-0.3, -0.25) is 14.6 Å². The molecule has 0 radical (unpaired) electrons. The van der Waals surface area contributed by atoms with Gasteiger partial charge in [-0.05, 0) is 18.2 Å². The summed E-state index contributed by atoms with van der Waals surface area (Å²) < 4.78 is 10.8. The number of ether oxygens (including phenoxy) is 1. The fraction of sp³-hybridized carbons (Fsp3) is 0.167. The number of methoxy groups -OCH3 is 1. The molecule has 0 atom stereocenters. The fourth-order valence-electron chi connectivity index (χ4n) is 2.54. The lowest BCUT2D eigenvalue weighted by Crippen LogP contribution is -2.05. The lowest BCUT2D eigenvalue weighted by molar-refractivity contribution is 0.0983. The Morgan fingerprint density at radius 3 is 2.48 bits per heavy atom. The first-order valence-corrected chi connectivity index (χ1v) is 8.10. The van der Waals surface area contributed by atoms with E-state index in [0.29, 0.717) is 37.9 Å². The third-order valence-electron chi connectivity index (χ3n) is 3.80. The first kappa shape index (κ1) is 17.5. The second-order valence-electron chi connectivity index (χ2n) is 5.41. The van der Waals surface area contributed by atoms with Crippen LogP contribution < -0.4 is 4.74 Å². The van der Waals surface area contributed by atoms with Crippen LogP contribution in [0.3, 0.4) is 0 Å². The van der Waals surface area contributed by atoms with Crippen LogP contribution in [0.4, 0.5) is 0 Å². The maximum atomic E-state index is 12.8. The molecule has 1 aromatic carbocycles. The predicted octanol–water partition coefficient (Wildman–Crippen LogP) is 4.77. The van der Waals surface area contributed by atoms with Crippen molar-refractivity contribution >= 4 is 45.7 Å². The first-order valence-electron chi connectivity index (χ1n) is 7.35. The summed E-state index contributed by atoms with van der Waals surface area (Å²) in [6.45, 7) is 1.39. The number of furan rings is 1. The molecule has 7 heteroatoms. The fourth-order valence-corrected chi connectivity index (χ4v) is 3.04. The molecule has 25 heavy (non-hydrogen) atoms. The molecule has 0 fully saturated rings. The lowest BCUT2D eigenvalue weighted by atomic mass is 10.00. The maximum Gasteiger partial charge on any atom is 0.194 e. The average molecular weight is 378 g/mol. The zero-order valence-corrected chi connectivity index (χ0v) is 14.9. The Morgan fingerprint density at radius 1 is 1.20 bits per heavy atom. The van der Waals surface area contributed by atoms with Crippen LogP contribution >= 0.6 is 23.2 Å². The molecule has 0 aliphatic carbocycles. The number of hydrogen-bond donors (Lipinski definition) is 0. The Kier molecular flexibility index (Phi) is 4.79. The van der Waals surface area contributed by atoms with Gasteiger partial charge < -0.3 is 9.15 Å². The minimum atomic E-state index is -0.239. The standard InChI is InChI=1S/C18H13Cl2NO4/c1-9(22)17-6-11-10(3-4-16(24-2)18(11)25-17)15(23)5-12-13(19)7-21-8-14(12)20/h3-4,6-8H,5H2,1-2H3. The van der Waals surface area contributed by atoms with Crippen molar-refractivity contribution in [3.05, 3.63) is 57.5 Å². The van der Waals surface area contributed by atoms with Crippen molar-refractivity contribution < 1.29 is 18.7 Å². The van der Waals surface area contributed by atoms with Crippen molar-refractivity contribution in [1.29, 1.82) is 0 Å². The number of carbonyl (C=O) groups excluding carboxylic acids is 2. The predicted molar refractivity (Wildman–Crippen MR) is 95.1 cm³/mol. The maximum absolute atomic E-state index is 12.8. The van der Waals surface area contributed by atoms with Gasteiger partial charge in [0.25, 0.3) is 0 Å². The third-order valence-corrected chi connectivity index (χ3v) is 4.46. The number of pyridine rings is 1. The molecular weight excluding hydrogens is 365 g/mol. The van der Waals surface area contributed by atoms with E-state index >= 15 is 0 Å². The van der Waals surface area contributed by atoms with Gasteiger partial charge in [0.2, 0.25) is 0 Å². The quantitative estimate of drug-likeness (QED) is 0.598. The summed E-state index contributed by atoms with van der Waals surface area (Å²) >= 11 is 12.2. The van der Waals surface area contributed by atoms with Crippen LogP contribution in [0, 0.1) is 0 Å². The van der Waals surface area contributed by atoms with E-state index in [1.165, 1.54) is 26.4 Å². The molecule has 0 saturated heterocycles. The molecule has 0 bridgehead atoms. The Labute approximate surface area is 153 Å². The van der Waals surface area contributed by atoms with Crippen molar-refractivity contribution in [2.75, 3.05) is 7.11 Å². The van der Waals surface area contributed by atoms with Gasteiger partial charge in [0.1, 0.15) is 0 Å². The van der Waals surface area contributed by atoms with Crippen LogP contribution in [0.5, 0.6) is 5.75 Å². The molecule has 5 nitrogen and oxygen atoms in total. The number of fused-ring (bicyclic) bond motifs is 1. The van der Waals surface area contributed by atoms with Gasteiger partial charge in [0.05, 0.1) is 17.2 Å². The number of halogens is 2. The summed E-state index contributed by atoms with van der Waals surface area (Å²) in [4.78, 5) is 28.3. The molecule has 3 aromatic rings. The molecule has 3 rings (SSSR count). The van der Waals surface area contributed by atoms with Crippen molar-refractivity contribution in [3.8, 4) is 5.75 Å². The molecule has 0 amide bonds. The number of rotatable bonds is 5. The zero-order valence-electron chi connectivity index (χ0n) is 13.4. The summed E-state index contributed by atoms with van der Waals surface area (Å²) in [5.41, 5.74) is 1.25. The molecule has 0 unspecified atom stereocenters. The largest absolute Gasteiger partial charge is 0.493 e. The van der Waals surface area contributed by atoms with Crippen LogP contribution in [-0.4, -0.2) is 23.7 Å². The normalized spacial score (nSPS) is 10.9. The molecule has 128 valence electrons. The van der Waals surface area contributed by atoms with Gasteiger partial charge in [0, 0.05) is 42.3 Å². The smallest absolute Gasteiger partial charge is 0.194 e. The second kappa shape index (κ2) is 6.86. The Morgan fingerprint density at radius 2 is 1.88 bits per heavy atom. The number of aromatic nitrogens is 1. The highest BCUT2D eigenvalue weighted by Crippen LogP contribution is 2.33. The average Bonchev–Trinajstić information content (AvgIpc) is 3.02. The molecule has 0 spiro atoms. The molecule has 0 aliphatic heterocycles. The van der Waals surface area contributed by atoms with Gasteiger partial charge in [-0.15, -0.1) is 0 Å². The molecule has 0 aliphatic rings. The van der Waals surface area contributed by atoms with Gasteiger partial charge in [-0.1, -0.05) is 23.2 Å². The molecule has 2 aromatic heterocycles. The van der Waals surface area contributed by atoms with Crippen molar-refractivity contribution in [2.45, 2.75) is 13.3 Å². The van der Waals surface area contributed by atoms with Gasteiger partial charge in [-0.2, -0.15) is 0 Å². The summed E-state index contributed by atoms with van der Waals surface area (Å²) in [5, 5.41) is 1.15. The Hall–Kier alpha value is -2.37. The van der Waals surface area contributed by atoms with Crippen LogP contribution in [0.2, 0.25) is 10.0 Å². The van der Waals surface area contributed by atoms with Gasteiger partial charge >= 0.3 is 0 Å². The highest BCUT2D eigenvalue weighted by atomic mass is 35.5. The molecular formula is C18H13Cl2NO4. The Balaban J connectivity index is 2.09. The molecule has 0 N–H and O–H groups in total.